The van der Waals surface area contributed by atoms with Crippen molar-refractivity contribution >= 4 is 17.7 Å². The fraction of sp³-hybridized carbons (Fsp3) is 0.348. The minimum Gasteiger partial charge on any atom is -0.497 e. The molecule has 1 saturated heterocycles. The Bertz CT molecular complexity index is 1020. The zero-order chi connectivity index (χ0) is 21.3. The van der Waals surface area contributed by atoms with E-state index in [1.807, 2.05) is 24.3 Å². The molecule has 0 radical (unpaired) electrons. The van der Waals surface area contributed by atoms with Crippen LogP contribution in [0.3, 0.4) is 0 Å². The Labute approximate surface area is 175 Å². The second kappa shape index (κ2) is 7.82. The number of urea groups is 1. The van der Waals surface area contributed by atoms with E-state index in [1.54, 1.807) is 18.2 Å². The van der Waals surface area contributed by atoms with E-state index < -0.39 is 17.4 Å². The molecule has 1 N–H and O–H groups in total. The fourth-order valence-corrected chi connectivity index (χ4v) is 4.38. The summed E-state index contributed by atoms with van der Waals surface area (Å²) in [5.74, 6) is 0.0816. The number of aryl methyl sites for hydroxylation is 1. The van der Waals surface area contributed by atoms with Gasteiger partial charge in [0.25, 0.3) is 5.91 Å². The summed E-state index contributed by atoms with van der Waals surface area (Å²) in [5, 5.41) is 2.90. The Morgan fingerprint density at radius 3 is 2.67 bits per heavy atom. The maximum atomic E-state index is 13.5. The molecule has 1 aliphatic carbocycles. The lowest BCUT2D eigenvalue weighted by Gasteiger charge is -2.27. The highest BCUT2D eigenvalue weighted by molar-refractivity contribution is 6.12. The SMILES string of the molecule is COc1ccc(OC)c(C(=O)CN2C(=O)N[C@@]3(CCCCc4ccccc43)C2=O)c1. The van der Waals surface area contributed by atoms with Crippen LogP contribution in [0.4, 0.5) is 4.79 Å². The van der Waals surface area contributed by atoms with Crippen molar-refractivity contribution in [2.24, 2.45) is 0 Å². The first-order valence-corrected chi connectivity index (χ1v) is 9.98. The van der Waals surface area contributed by atoms with Gasteiger partial charge in [-0.1, -0.05) is 24.3 Å². The summed E-state index contributed by atoms with van der Waals surface area (Å²) in [6, 6.07) is 12.0. The molecule has 4 rings (SSSR count). The number of nitrogens with zero attached hydrogens (tertiary/aromatic N) is 1. The average Bonchev–Trinajstić information content (AvgIpc) is 2.91. The third-order valence-electron chi connectivity index (χ3n) is 5.91. The van der Waals surface area contributed by atoms with Gasteiger partial charge in [0, 0.05) is 0 Å². The van der Waals surface area contributed by atoms with Crippen molar-refractivity contribution in [2.45, 2.75) is 31.2 Å². The molecule has 156 valence electrons. The topological polar surface area (TPSA) is 84.9 Å². The molecule has 7 heteroatoms. The number of Topliss-reactive ketones (excluding diaryl/α,β-unsaturated/α-hetero) is 1. The first-order valence-electron chi connectivity index (χ1n) is 9.98. The third kappa shape index (κ3) is 3.20. The number of nitrogens with one attached hydrogen (secondary N) is 1. The summed E-state index contributed by atoms with van der Waals surface area (Å²) >= 11 is 0. The highest BCUT2D eigenvalue weighted by Gasteiger charge is 2.53. The van der Waals surface area contributed by atoms with Crippen LogP contribution in [-0.2, 0) is 16.8 Å². The summed E-state index contributed by atoms with van der Waals surface area (Å²) in [7, 11) is 2.96. The summed E-state index contributed by atoms with van der Waals surface area (Å²) in [6.07, 6.45) is 3.14. The first-order chi connectivity index (χ1) is 14.5. The van der Waals surface area contributed by atoms with Gasteiger partial charge in [0.15, 0.2) is 5.78 Å². The average molecular weight is 408 g/mol. The van der Waals surface area contributed by atoms with Gasteiger partial charge in [-0.25, -0.2) is 4.79 Å². The molecular formula is C23H24N2O5. The van der Waals surface area contributed by atoms with Gasteiger partial charge in [0.1, 0.15) is 17.0 Å². The molecule has 0 bridgehead atoms. The van der Waals surface area contributed by atoms with Crippen LogP contribution in [0.5, 0.6) is 11.5 Å². The highest BCUT2D eigenvalue weighted by Crippen LogP contribution is 2.39. The maximum Gasteiger partial charge on any atom is 0.325 e. The highest BCUT2D eigenvalue weighted by atomic mass is 16.5. The molecule has 0 aromatic heterocycles. The molecule has 1 fully saturated rings. The monoisotopic (exact) mass is 408 g/mol. The van der Waals surface area contributed by atoms with E-state index >= 15 is 0 Å². The molecule has 2 aromatic carbocycles. The number of methoxy groups -OCH3 is 2. The normalized spacial score (nSPS) is 20.5. The summed E-state index contributed by atoms with van der Waals surface area (Å²) in [6.45, 7) is -0.363. The maximum absolute atomic E-state index is 13.5. The first kappa shape index (κ1) is 19.9. The van der Waals surface area contributed by atoms with Crippen LogP contribution >= 0.6 is 0 Å². The molecule has 3 amide bonds. The van der Waals surface area contributed by atoms with E-state index in [0.717, 1.165) is 35.3 Å². The van der Waals surface area contributed by atoms with Crippen LogP contribution in [0.1, 0.15) is 40.7 Å². The van der Waals surface area contributed by atoms with E-state index in [9.17, 15) is 14.4 Å². The van der Waals surface area contributed by atoms with Gasteiger partial charge in [-0.3, -0.25) is 14.5 Å². The van der Waals surface area contributed by atoms with Crippen LogP contribution in [0.15, 0.2) is 42.5 Å². The third-order valence-corrected chi connectivity index (χ3v) is 5.91. The number of imide groups is 1. The van der Waals surface area contributed by atoms with Crippen molar-refractivity contribution in [2.75, 3.05) is 20.8 Å². The number of carbonyl (C=O) groups is 3. The van der Waals surface area contributed by atoms with Crippen molar-refractivity contribution < 1.29 is 23.9 Å². The summed E-state index contributed by atoms with van der Waals surface area (Å²) < 4.78 is 10.5. The van der Waals surface area contributed by atoms with E-state index in [-0.39, 0.29) is 18.0 Å². The Kier molecular flexibility index (Phi) is 5.20. The van der Waals surface area contributed by atoms with Crippen LogP contribution < -0.4 is 14.8 Å². The van der Waals surface area contributed by atoms with E-state index in [4.69, 9.17) is 9.47 Å². The molecule has 1 heterocycles. The van der Waals surface area contributed by atoms with Crippen LogP contribution in [0.25, 0.3) is 0 Å². The van der Waals surface area contributed by atoms with Crippen molar-refractivity contribution in [3.63, 3.8) is 0 Å². The van der Waals surface area contributed by atoms with Crippen molar-refractivity contribution in [3.8, 4) is 11.5 Å². The van der Waals surface area contributed by atoms with Gasteiger partial charge in [-0.05, 0) is 55.0 Å². The molecule has 2 aromatic rings. The molecule has 7 nitrogen and oxygen atoms in total. The minimum atomic E-state index is -1.11. The van der Waals surface area contributed by atoms with Gasteiger partial charge in [-0.15, -0.1) is 0 Å². The minimum absolute atomic E-state index is 0.264. The smallest absolute Gasteiger partial charge is 0.325 e. The molecule has 0 unspecified atom stereocenters. The largest absolute Gasteiger partial charge is 0.497 e. The molecule has 0 saturated carbocycles. The second-order valence-corrected chi connectivity index (χ2v) is 7.58. The number of amides is 3. The Balaban J connectivity index is 1.66. The van der Waals surface area contributed by atoms with Crippen molar-refractivity contribution in [1.82, 2.24) is 10.2 Å². The van der Waals surface area contributed by atoms with Gasteiger partial charge in [-0.2, -0.15) is 0 Å². The molecule has 1 aliphatic heterocycles. The second-order valence-electron chi connectivity index (χ2n) is 7.58. The number of fused-ring (bicyclic) bond motifs is 2. The Hall–Kier alpha value is -3.35. The molecule has 1 spiro atoms. The van der Waals surface area contributed by atoms with Gasteiger partial charge < -0.3 is 14.8 Å². The molecule has 1 atom stereocenters. The Morgan fingerprint density at radius 2 is 1.90 bits per heavy atom. The lowest BCUT2D eigenvalue weighted by molar-refractivity contribution is -0.131. The number of carbonyl (C=O) groups excluding carboxylic acids is 3. The van der Waals surface area contributed by atoms with Gasteiger partial charge in [0.05, 0.1) is 26.3 Å². The zero-order valence-corrected chi connectivity index (χ0v) is 17.1. The number of rotatable bonds is 5. The van der Waals surface area contributed by atoms with Crippen LogP contribution in [0, 0.1) is 0 Å². The lowest BCUT2D eigenvalue weighted by Crippen LogP contribution is -2.44. The zero-order valence-electron chi connectivity index (χ0n) is 17.1. The number of hydrogen-bond donors (Lipinski definition) is 1. The quantitative estimate of drug-likeness (QED) is 0.607. The summed E-state index contributed by atoms with van der Waals surface area (Å²) in [4.78, 5) is 40.3. The number of hydrogen-bond acceptors (Lipinski definition) is 5. The van der Waals surface area contributed by atoms with E-state index in [2.05, 4.69) is 5.32 Å². The van der Waals surface area contributed by atoms with E-state index in [0.29, 0.717) is 17.9 Å². The van der Waals surface area contributed by atoms with Crippen LogP contribution in [-0.4, -0.2) is 43.4 Å². The predicted octanol–water partition coefficient (Wildman–Crippen LogP) is 3.06. The van der Waals surface area contributed by atoms with Crippen LogP contribution in [0.2, 0.25) is 0 Å². The predicted molar refractivity (Wildman–Crippen MR) is 110 cm³/mol. The van der Waals surface area contributed by atoms with E-state index in [1.165, 1.54) is 14.2 Å². The summed E-state index contributed by atoms with van der Waals surface area (Å²) in [5.41, 5.74) is 1.05. The molecular weight excluding hydrogens is 384 g/mol. The lowest BCUT2D eigenvalue weighted by atomic mass is 9.84. The van der Waals surface area contributed by atoms with Crippen molar-refractivity contribution in [3.05, 3.63) is 59.2 Å². The number of benzene rings is 2. The number of ketones is 1. The number of ether oxygens (including phenoxy) is 2. The molecule has 30 heavy (non-hydrogen) atoms. The van der Waals surface area contributed by atoms with Crippen molar-refractivity contribution in [1.29, 1.82) is 0 Å². The molecule has 2 aliphatic rings. The van der Waals surface area contributed by atoms with Gasteiger partial charge >= 0.3 is 6.03 Å². The van der Waals surface area contributed by atoms with Gasteiger partial charge in [0.2, 0.25) is 0 Å². The standard InChI is InChI=1S/C23H24N2O5/c1-29-16-10-11-20(30-2)17(13-16)19(26)14-25-21(27)23(24-22(25)28)12-6-5-8-15-7-3-4-9-18(15)23/h3-4,7,9-11,13H,5-6,8,12,14H2,1-2H3,(H,24,28)/t23-/m1/s1. The fourth-order valence-electron chi connectivity index (χ4n) is 4.38. The Morgan fingerprint density at radius 1 is 1.10 bits per heavy atom.